The maximum atomic E-state index is 4.84. The molecule has 0 saturated carbocycles. The molecular formula is C17H24N2S. The molecule has 2 aromatic rings. The van der Waals surface area contributed by atoms with Gasteiger partial charge in [0.05, 0.1) is 11.7 Å². The summed E-state index contributed by atoms with van der Waals surface area (Å²) in [4.78, 5) is 6.19. The molecule has 0 fully saturated rings. The fraction of sp³-hybridized carbons (Fsp3) is 0.471. The fourth-order valence-electron chi connectivity index (χ4n) is 2.59. The van der Waals surface area contributed by atoms with Crippen LogP contribution in [-0.4, -0.2) is 11.5 Å². The molecule has 3 heteroatoms. The summed E-state index contributed by atoms with van der Waals surface area (Å²) in [7, 11) is 0. The molecule has 0 radical (unpaired) electrons. The number of aryl methyl sites for hydroxylation is 4. The molecular weight excluding hydrogens is 264 g/mol. The first kappa shape index (κ1) is 15.2. The monoisotopic (exact) mass is 288 g/mol. The van der Waals surface area contributed by atoms with Crippen LogP contribution in [0.4, 0.5) is 0 Å². The van der Waals surface area contributed by atoms with E-state index in [9.17, 15) is 0 Å². The second-order valence-electron chi connectivity index (χ2n) is 5.26. The summed E-state index contributed by atoms with van der Waals surface area (Å²) in [5.41, 5.74) is 5.22. The molecule has 0 aliphatic rings. The van der Waals surface area contributed by atoms with E-state index in [4.69, 9.17) is 4.98 Å². The molecule has 2 rings (SSSR count). The van der Waals surface area contributed by atoms with E-state index >= 15 is 0 Å². The summed E-state index contributed by atoms with van der Waals surface area (Å²) >= 11 is 1.82. The van der Waals surface area contributed by atoms with Crippen molar-refractivity contribution in [3.63, 3.8) is 0 Å². The van der Waals surface area contributed by atoms with Gasteiger partial charge in [-0.1, -0.05) is 37.6 Å². The van der Waals surface area contributed by atoms with E-state index in [0.29, 0.717) is 0 Å². The lowest BCUT2D eigenvalue weighted by atomic mass is 9.99. The van der Waals surface area contributed by atoms with E-state index in [0.717, 1.165) is 13.0 Å². The molecule has 1 heterocycles. The molecule has 20 heavy (non-hydrogen) atoms. The number of hydrogen-bond acceptors (Lipinski definition) is 3. The van der Waals surface area contributed by atoms with E-state index in [2.05, 4.69) is 58.1 Å². The van der Waals surface area contributed by atoms with E-state index in [1.165, 1.54) is 32.3 Å². The first-order valence-electron chi connectivity index (χ1n) is 7.33. The highest BCUT2D eigenvalue weighted by Crippen LogP contribution is 2.30. The van der Waals surface area contributed by atoms with Crippen molar-refractivity contribution in [1.82, 2.24) is 10.3 Å². The number of benzene rings is 1. The quantitative estimate of drug-likeness (QED) is 0.886. The molecule has 108 valence electrons. The van der Waals surface area contributed by atoms with Crippen LogP contribution in [0.3, 0.4) is 0 Å². The third kappa shape index (κ3) is 3.10. The van der Waals surface area contributed by atoms with E-state index < -0.39 is 0 Å². The standard InChI is InChI=1S/C17H24N2S/c1-6-15-13(5)20-17(19-15)16(18-7-2)14-9-8-11(3)10-12(14)4/h8-10,16,18H,6-7H2,1-5H3. The lowest BCUT2D eigenvalue weighted by Gasteiger charge is -2.18. The van der Waals surface area contributed by atoms with Gasteiger partial charge in [0.25, 0.3) is 0 Å². The fourth-order valence-corrected chi connectivity index (χ4v) is 3.69. The van der Waals surface area contributed by atoms with Gasteiger partial charge in [0.2, 0.25) is 0 Å². The largest absolute Gasteiger partial charge is 0.305 e. The zero-order valence-corrected chi connectivity index (χ0v) is 13.9. The van der Waals surface area contributed by atoms with E-state index in [1.807, 2.05) is 11.3 Å². The minimum atomic E-state index is 0.213. The Morgan fingerprint density at radius 3 is 2.50 bits per heavy atom. The lowest BCUT2D eigenvalue weighted by Crippen LogP contribution is -2.22. The van der Waals surface area contributed by atoms with Crippen LogP contribution < -0.4 is 5.32 Å². The molecule has 0 spiro atoms. The van der Waals surface area contributed by atoms with E-state index in [-0.39, 0.29) is 6.04 Å². The summed E-state index contributed by atoms with van der Waals surface area (Å²) in [6.07, 6.45) is 1.01. The van der Waals surface area contributed by atoms with Gasteiger partial charge in [0.1, 0.15) is 5.01 Å². The van der Waals surface area contributed by atoms with Crippen molar-refractivity contribution in [2.24, 2.45) is 0 Å². The summed E-state index contributed by atoms with van der Waals surface area (Å²) in [5, 5.41) is 4.78. The van der Waals surface area contributed by atoms with Gasteiger partial charge in [0.15, 0.2) is 0 Å². The van der Waals surface area contributed by atoms with Crippen molar-refractivity contribution >= 4 is 11.3 Å². The van der Waals surface area contributed by atoms with Crippen LogP contribution in [-0.2, 0) is 6.42 Å². The van der Waals surface area contributed by atoms with Crippen molar-refractivity contribution in [3.8, 4) is 0 Å². The predicted octanol–water partition coefficient (Wildman–Crippen LogP) is 4.33. The maximum Gasteiger partial charge on any atom is 0.115 e. The third-order valence-corrected chi connectivity index (χ3v) is 4.71. The molecule has 1 unspecified atom stereocenters. The lowest BCUT2D eigenvalue weighted by molar-refractivity contribution is 0.622. The molecule has 1 aromatic carbocycles. The van der Waals surface area contributed by atoms with E-state index in [1.54, 1.807) is 0 Å². The Labute approximate surface area is 126 Å². The van der Waals surface area contributed by atoms with Crippen LogP contribution in [0.25, 0.3) is 0 Å². The molecule has 0 bridgehead atoms. The third-order valence-electron chi connectivity index (χ3n) is 3.64. The summed E-state index contributed by atoms with van der Waals surface area (Å²) in [5.74, 6) is 0. The van der Waals surface area contributed by atoms with Gasteiger partial charge < -0.3 is 5.32 Å². The van der Waals surface area contributed by atoms with Gasteiger partial charge in [-0.15, -0.1) is 11.3 Å². The average Bonchev–Trinajstić information content (AvgIpc) is 2.78. The number of nitrogens with one attached hydrogen (secondary N) is 1. The van der Waals surface area contributed by atoms with Crippen molar-refractivity contribution in [2.45, 2.75) is 47.1 Å². The van der Waals surface area contributed by atoms with Crippen LogP contribution in [0.5, 0.6) is 0 Å². The van der Waals surface area contributed by atoms with Gasteiger partial charge in [-0.25, -0.2) is 4.98 Å². The summed E-state index contributed by atoms with van der Waals surface area (Å²) in [6.45, 7) is 11.8. The van der Waals surface area contributed by atoms with Crippen LogP contribution in [0.1, 0.15) is 52.2 Å². The second-order valence-corrected chi connectivity index (χ2v) is 6.49. The van der Waals surface area contributed by atoms with Crippen LogP contribution in [0.15, 0.2) is 18.2 Å². The topological polar surface area (TPSA) is 24.9 Å². The Morgan fingerprint density at radius 1 is 1.20 bits per heavy atom. The Balaban J connectivity index is 2.44. The minimum absolute atomic E-state index is 0.213. The van der Waals surface area contributed by atoms with Crippen LogP contribution >= 0.6 is 11.3 Å². The van der Waals surface area contributed by atoms with Gasteiger partial charge in [-0.3, -0.25) is 0 Å². The molecule has 0 saturated heterocycles. The Kier molecular flexibility index (Phi) is 4.95. The Hall–Kier alpha value is -1.19. The van der Waals surface area contributed by atoms with Crippen molar-refractivity contribution in [2.75, 3.05) is 6.54 Å². The molecule has 1 aromatic heterocycles. The van der Waals surface area contributed by atoms with Gasteiger partial charge in [-0.2, -0.15) is 0 Å². The number of nitrogens with zero attached hydrogens (tertiary/aromatic N) is 1. The number of thiazole rings is 1. The highest BCUT2D eigenvalue weighted by atomic mass is 32.1. The molecule has 1 N–H and O–H groups in total. The van der Waals surface area contributed by atoms with Gasteiger partial charge in [-0.05, 0) is 44.9 Å². The molecule has 1 atom stereocenters. The molecule has 0 aliphatic heterocycles. The smallest absolute Gasteiger partial charge is 0.115 e. The second kappa shape index (κ2) is 6.51. The molecule has 0 aliphatic carbocycles. The van der Waals surface area contributed by atoms with Gasteiger partial charge in [0, 0.05) is 4.88 Å². The molecule has 2 nitrogen and oxygen atoms in total. The average molecular weight is 288 g/mol. The summed E-state index contributed by atoms with van der Waals surface area (Å²) in [6, 6.07) is 6.89. The highest BCUT2D eigenvalue weighted by molar-refractivity contribution is 7.11. The van der Waals surface area contributed by atoms with Crippen molar-refractivity contribution in [3.05, 3.63) is 50.5 Å². The first-order valence-corrected chi connectivity index (χ1v) is 8.15. The van der Waals surface area contributed by atoms with Crippen molar-refractivity contribution in [1.29, 1.82) is 0 Å². The summed E-state index contributed by atoms with van der Waals surface area (Å²) < 4.78 is 0. The number of rotatable bonds is 5. The first-order chi connectivity index (χ1) is 9.56. The highest BCUT2D eigenvalue weighted by Gasteiger charge is 2.20. The zero-order chi connectivity index (χ0) is 14.7. The predicted molar refractivity (Wildman–Crippen MR) is 87.7 cm³/mol. The minimum Gasteiger partial charge on any atom is -0.305 e. The van der Waals surface area contributed by atoms with Gasteiger partial charge >= 0.3 is 0 Å². The number of aromatic nitrogens is 1. The molecule has 0 amide bonds. The normalized spacial score (nSPS) is 12.7. The SMILES string of the molecule is CCNC(c1nc(CC)c(C)s1)c1ccc(C)cc1C. The van der Waals surface area contributed by atoms with Crippen molar-refractivity contribution < 1.29 is 0 Å². The maximum absolute atomic E-state index is 4.84. The van der Waals surface area contributed by atoms with Crippen LogP contribution in [0, 0.1) is 20.8 Å². The zero-order valence-electron chi connectivity index (χ0n) is 13.1. The van der Waals surface area contributed by atoms with Crippen LogP contribution in [0.2, 0.25) is 0 Å². The Bertz CT molecular complexity index is 587. The Morgan fingerprint density at radius 2 is 1.95 bits per heavy atom. The number of hydrogen-bond donors (Lipinski definition) is 1.